The smallest absolute Gasteiger partial charge is 0.264 e. The maximum Gasteiger partial charge on any atom is 0.264 e. The highest BCUT2D eigenvalue weighted by molar-refractivity contribution is 7.90. The lowest BCUT2D eigenvalue weighted by atomic mass is 10.2. The second-order valence-corrected chi connectivity index (χ2v) is 4.62. The molecule has 1 atom stereocenters. The van der Waals surface area contributed by atoms with Crippen molar-refractivity contribution < 1.29 is 13.2 Å². The van der Waals surface area contributed by atoms with Crippen molar-refractivity contribution >= 4 is 10.0 Å². The summed E-state index contributed by atoms with van der Waals surface area (Å²) in [6.07, 6.45) is 0.0845. The molecular formula is C8H7N3O3S. The molecule has 1 aliphatic rings. The molecule has 1 aromatic rings. The first-order valence-electron chi connectivity index (χ1n) is 4.16. The number of azide groups is 1. The molecule has 0 amide bonds. The minimum Gasteiger partial charge on any atom is -0.368 e. The molecule has 1 heterocycles. The van der Waals surface area contributed by atoms with Gasteiger partial charge in [-0.1, -0.05) is 12.1 Å². The van der Waals surface area contributed by atoms with Gasteiger partial charge in [0.15, 0.2) is 0 Å². The van der Waals surface area contributed by atoms with E-state index >= 15 is 0 Å². The zero-order valence-corrected chi connectivity index (χ0v) is 8.38. The van der Waals surface area contributed by atoms with Gasteiger partial charge in [-0.2, -0.15) is 0 Å². The summed E-state index contributed by atoms with van der Waals surface area (Å²) in [4.78, 5) is 2.26. The summed E-state index contributed by atoms with van der Waals surface area (Å²) < 4.78 is 30.3. The fraction of sp³-hybridized carbons (Fsp3) is 0.250. The normalized spacial score (nSPS) is 19.3. The van der Waals surface area contributed by atoms with Crippen molar-refractivity contribution in [3.8, 4) is 0 Å². The first kappa shape index (κ1) is 9.97. The van der Waals surface area contributed by atoms with Gasteiger partial charge in [0.05, 0.1) is 11.5 Å². The summed E-state index contributed by atoms with van der Waals surface area (Å²) >= 11 is 0. The SMILES string of the molecule is [N-]=[N+]=NS(=O)(=O)c1ccc(C2CO2)cc1. The number of hydrogen-bond acceptors (Lipinski definition) is 3. The Morgan fingerprint density at radius 2 is 2.00 bits per heavy atom. The summed E-state index contributed by atoms with van der Waals surface area (Å²) in [5.74, 6) is 0. The monoisotopic (exact) mass is 225 g/mol. The number of ether oxygens (including phenoxy) is 1. The molecule has 7 heteroatoms. The molecule has 78 valence electrons. The van der Waals surface area contributed by atoms with E-state index in [0.29, 0.717) is 6.61 Å². The Balaban J connectivity index is 2.34. The highest BCUT2D eigenvalue weighted by Crippen LogP contribution is 2.30. The van der Waals surface area contributed by atoms with Gasteiger partial charge in [-0.15, -0.1) is 0 Å². The summed E-state index contributed by atoms with van der Waals surface area (Å²) in [5, 5.41) is 0. The van der Waals surface area contributed by atoms with Gasteiger partial charge in [-0.3, -0.25) is 0 Å². The summed E-state index contributed by atoms with van der Waals surface area (Å²) in [6.45, 7) is 0.669. The average molecular weight is 225 g/mol. The zero-order valence-electron chi connectivity index (χ0n) is 7.57. The van der Waals surface area contributed by atoms with Crippen LogP contribution in [0.1, 0.15) is 11.7 Å². The van der Waals surface area contributed by atoms with E-state index in [4.69, 9.17) is 10.3 Å². The van der Waals surface area contributed by atoms with Gasteiger partial charge >= 0.3 is 0 Å². The maximum absolute atomic E-state index is 11.3. The van der Waals surface area contributed by atoms with Crippen LogP contribution in [0.25, 0.3) is 10.4 Å². The van der Waals surface area contributed by atoms with E-state index in [2.05, 4.69) is 9.43 Å². The molecule has 1 aliphatic heterocycles. The number of benzene rings is 1. The van der Waals surface area contributed by atoms with Crippen molar-refractivity contribution in [2.24, 2.45) is 4.52 Å². The van der Waals surface area contributed by atoms with Crippen molar-refractivity contribution in [3.05, 3.63) is 40.3 Å². The third-order valence-corrected chi connectivity index (χ3v) is 3.18. The molecule has 0 bridgehead atoms. The Hall–Kier alpha value is -1.56. The Morgan fingerprint density at radius 1 is 1.40 bits per heavy atom. The Bertz CT molecular complexity index is 513. The Labute approximate surface area is 86.2 Å². The van der Waals surface area contributed by atoms with Gasteiger partial charge in [-0.25, -0.2) is 8.42 Å². The first-order chi connectivity index (χ1) is 7.13. The molecule has 1 fully saturated rings. The number of rotatable bonds is 3. The summed E-state index contributed by atoms with van der Waals surface area (Å²) in [6, 6.07) is 6.11. The predicted octanol–water partition coefficient (Wildman–Crippen LogP) is 1.76. The molecule has 1 aromatic carbocycles. The second kappa shape index (κ2) is 3.54. The van der Waals surface area contributed by atoms with Crippen LogP contribution in [0.4, 0.5) is 0 Å². The zero-order chi connectivity index (χ0) is 10.9. The summed E-state index contributed by atoms with van der Waals surface area (Å²) in [7, 11) is -3.86. The molecule has 6 nitrogen and oxygen atoms in total. The fourth-order valence-electron chi connectivity index (χ4n) is 1.19. The molecule has 15 heavy (non-hydrogen) atoms. The molecule has 0 N–H and O–H groups in total. The maximum atomic E-state index is 11.3. The van der Waals surface area contributed by atoms with Crippen LogP contribution >= 0.6 is 0 Å². The number of hydrogen-bond donors (Lipinski definition) is 0. The molecule has 2 rings (SSSR count). The molecule has 1 saturated heterocycles. The molecule has 1 unspecified atom stereocenters. The van der Waals surface area contributed by atoms with Gasteiger partial charge in [0.25, 0.3) is 10.0 Å². The molecule has 0 radical (unpaired) electrons. The predicted molar refractivity (Wildman–Crippen MR) is 51.5 cm³/mol. The van der Waals surface area contributed by atoms with Crippen molar-refractivity contribution in [2.75, 3.05) is 6.61 Å². The van der Waals surface area contributed by atoms with Crippen LogP contribution in [0.5, 0.6) is 0 Å². The third-order valence-electron chi connectivity index (χ3n) is 2.03. The Morgan fingerprint density at radius 3 is 2.47 bits per heavy atom. The minimum absolute atomic E-state index is 0.00954. The van der Waals surface area contributed by atoms with Gasteiger partial charge in [0, 0.05) is 9.43 Å². The fourth-order valence-corrected chi connectivity index (χ4v) is 1.86. The molecule has 0 saturated carbocycles. The van der Waals surface area contributed by atoms with Crippen LogP contribution in [-0.4, -0.2) is 15.0 Å². The molecule has 0 aromatic heterocycles. The average Bonchev–Trinajstić information content (AvgIpc) is 3.01. The number of epoxide rings is 1. The lowest BCUT2D eigenvalue weighted by molar-refractivity contribution is 0.415. The van der Waals surface area contributed by atoms with Crippen molar-refractivity contribution in [3.63, 3.8) is 0 Å². The second-order valence-electron chi connectivity index (χ2n) is 3.04. The van der Waals surface area contributed by atoms with Gasteiger partial charge in [0.2, 0.25) is 0 Å². The van der Waals surface area contributed by atoms with E-state index in [1.54, 1.807) is 12.1 Å². The quantitative estimate of drug-likeness (QED) is 0.339. The van der Waals surface area contributed by atoms with Crippen LogP contribution in [-0.2, 0) is 14.8 Å². The van der Waals surface area contributed by atoms with Gasteiger partial charge < -0.3 is 4.74 Å². The van der Waals surface area contributed by atoms with E-state index in [1.807, 2.05) is 0 Å². The molecule has 0 spiro atoms. The van der Waals surface area contributed by atoms with E-state index in [0.717, 1.165) is 5.56 Å². The van der Waals surface area contributed by atoms with Gasteiger partial charge in [-0.05, 0) is 23.2 Å². The molecular weight excluding hydrogens is 218 g/mol. The van der Waals surface area contributed by atoms with Crippen LogP contribution in [0.15, 0.2) is 33.7 Å². The van der Waals surface area contributed by atoms with Crippen LogP contribution < -0.4 is 0 Å². The third kappa shape index (κ3) is 2.10. The number of nitrogens with zero attached hydrogens (tertiary/aromatic N) is 3. The van der Waals surface area contributed by atoms with Crippen molar-refractivity contribution in [1.82, 2.24) is 0 Å². The summed E-state index contributed by atoms with van der Waals surface area (Å²) in [5.41, 5.74) is 9.00. The lowest BCUT2D eigenvalue weighted by Crippen LogP contribution is -1.95. The lowest BCUT2D eigenvalue weighted by Gasteiger charge is -1.98. The van der Waals surface area contributed by atoms with Crippen LogP contribution in [0.2, 0.25) is 0 Å². The van der Waals surface area contributed by atoms with E-state index in [9.17, 15) is 8.42 Å². The van der Waals surface area contributed by atoms with E-state index in [1.165, 1.54) is 12.1 Å². The highest BCUT2D eigenvalue weighted by Gasteiger charge is 2.24. The highest BCUT2D eigenvalue weighted by atomic mass is 32.2. The van der Waals surface area contributed by atoms with E-state index in [-0.39, 0.29) is 11.0 Å². The van der Waals surface area contributed by atoms with E-state index < -0.39 is 10.0 Å². The van der Waals surface area contributed by atoms with Crippen LogP contribution in [0.3, 0.4) is 0 Å². The Kier molecular flexibility index (Phi) is 2.36. The first-order valence-corrected chi connectivity index (χ1v) is 5.60. The van der Waals surface area contributed by atoms with Crippen molar-refractivity contribution in [2.45, 2.75) is 11.0 Å². The van der Waals surface area contributed by atoms with Gasteiger partial charge in [0.1, 0.15) is 6.10 Å². The van der Waals surface area contributed by atoms with Crippen molar-refractivity contribution in [1.29, 1.82) is 0 Å². The minimum atomic E-state index is -3.86. The molecule has 0 aliphatic carbocycles. The van der Waals surface area contributed by atoms with Crippen LogP contribution in [0, 0.1) is 0 Å². The standard InChI is InChI=1S/C8H7N3O3S/c9-10-11-15(12,13)7-3-1-6(2-4-7)8-5-14-8/h1-4,8H,5H2. The topological polar surface area (TPSA) is 95.4 Å². The largest absolute Gasteiger partial charge is 0.368 e. The number of sulfonamides is 1.